The summed E-state index contributed by atoms with van der Waals surface area (Å²) in [6, 6.07) is 7.64. The average Bonchev–Trinajstić information content (AvgIpc) is 2.78. The number of anilines is 1. The fourth-order valence-corrected chi connectivity index (χ4v) is 6.30. The van der Waals surface area contributed by atoms with Gasteiger partial charge in [-0.1, -0.05) is 0 Å². The summed E-state index contributed by atoms with van der Waals surface area (Å²) in [7, 11) is -11.0. The van der Waals surface area contributed by atoms with E-state index >= 15 is 0 Å². The number of hydrogen-bond acceptors (Lipinski definition) is 7. The summed E-state index contributed by atoms with van der Waals surface area (Å²) >= 11 is 0. The third kappa shape index (κ3) is 6.02. The van der Waals surface area contributed by atoms with Crippen LogP contribution in [0.15, 0.2) is 60.0 Å². The van der Waals surface area contributed by atoms with Gasteiger partial charge in [0.25, 0.3) is 5.91 Å². The van der Waals surface area contributed by atoms with Crippen molar-refractivity contribution in [3.63, 3.8) is 0 Å². The second-order valence-corrected chi connectivity index (χ2v) is 11.3. The molecule has 0 saturated heterocycles. The van der Waals surface area contributed by atoms with Gasteiger partial charge >= 0.3 is 15.2 Å². The van der Waals surface area contributed by atoms with E-state index in [1.165, 1.54) is 37.8 Å². The zero-order valence-corrected chi connectivity index (χ0v) is 20.0. The number of aromatic nitrogens is 2. The average molecular weight is 527 g/mol. The van der Waals surface area contributed by atoms with Crippen LogP contribution in [0.2, 0.25) is 0 Å². The minimum atomic E-state index is -5.12. The van der Waals surface area contributed by atoms with Gasteiger partial charge in [-0.05, 0) is 36.4 Å². The topological polar surface area (TPSA) is 196 Å². The number of pyridine rings is 2. The van der Waals surface area contributed by atoms with Gasteiger partial charge in [0.2, 0.25) is 0 Å². The van der Waals surface area contributed by atoms with Gasteiger partial charge in [-0.25, -0.2) is 4.98 Å². The molecule has 15 heteroatoms. The Kier molecular flexibility index (Phi) is 7.79. The lowest BCUT2D eigenvalue weighted by molar-refractivity contribution is 0.102. The van der Waals surface area contributed by atoms with Crippen molar-refractivity contribution in [2.45, 2.75) is 10.8 Å². The van der Waals surface area contributed by atoms with Crippen molar-refractivity contribution in [2.24, 2.45) is 0 Å². The molecule has 1 aromatic carbocycles. The SMILES string of the molecule is COc1cc(P(=O)(O)O)c(P(=O)(O)O)cc1CS(=O)c1ncccc1C(=O)Nc1ccncc1. The van der Waals surface area contributed by atoms with E-state index in [-0.39, 0.29) is 21.9 Å². The van der Waals surface area contributed by atoms with Gasteiger partial charge in [0.05, 0.1) is 39.8 Å². The Morgan fingerprint density at radius 1 is 1.03 bits per heavy atom. The smallest absolute Gasteiger partial charge is 0.357 e. The Labute approximate surface area is 195 Å². The first kappa shape index (κ1) is 25.9. The zero-order valence-electron chi connectivity index (χ0n) is 17.4. The first-order chi connectivity index (χ1) is 15.9. The van der Waals surface area contributed by atoms with Crippen LogP contribution in [0.5, 0.6) is 5.75 Å². The van der Waals surface area contributed by atoms with Crippen molar-refractivity contribution < 1.29 is 42.4 Å². The van der Waals surface area contributed by atoms with E-state index in [1.807, 2.05) is 0 Å². The molecule has 34 heavy (non-hydrogen) atoms. The maximum Gasteiger partial charge on any atom is 0.357 e. The van der Waals surface area contributed by atoms with Gasteiger partial charge < -0.3 is 29.6 Å². The highest BCUT2D eigenvalue weighted by atomic mass is 32.2. The molecule has 0 saturated carbocycles. The Bertz CT molecular complexity index is 1340. The van der Waals surface area contributed by atoms with E-state index < -0.39 is 48.3 Å². The molecule has 3 rings (SSSR count). The van der Waals surface area contributed by atoms with E-state index in [1.54, 1.807) is 12.1 Å². The van der Waals surface area contributed by atoms with Crippen LogP contribution >= 0.6 is 15.2 Å². The van der Waals surface area contributed by atoms with Gasteiger partial charge in [-0.15, -0.1) is 0 Å². The molecule has 0 aliphatic carbocycles. The molecule has 0 aliphatic rings. The lowest BCUT2D eigenvalue weighted by Gasteiger charge is -2.17. The first-order valence-corrected chi connectivity index (χ1v) is 13.8. The van der Waals surface area contributed by atoms with Gasteiger partial charge in [-0.3, -0.25) is 23.1 Å². The second kappa shape index (κ2) is 10.2. The van der Waals surface area contributed by atoms with E-state index in [0.717, 1.165) is 12.1 Å². The molecule has 2 heterocycles. The predicted octanol–water partition coefficient (Wildman–Crippen LogP) is 0.651. The molecule has 0 spiro atoms. The van der Waals surface area contributed by atoms with Crippen molar-refractivity contribution >= 4 is 48.2 Å². The second-order valence-electron chi connectivity index (χ2n) is 6.78. The quantitative estimate of drug-likeness (QED) is 0.258. The molecular weight excluding hydrogens is 508 g/mol. The van der Waals surface area contributed by atoms with Crippen molar-refractivity contribution in [1.29, 1.82) is 0 Å². The molecule has 1 amide bonds. The maximum atomic E-state index is 13.2. The molecule has 0 radical (unpaired) electrons. The third-order valence-corrected chi connectivity index (χ3v) is 7.96. The molecule has 0 bridgehead atoms. The van der Waals surface area contributed by atoms with Crippen LogP contribution < -0.4 is 20.7 Å². The molecule has 180 valence electrons. The van der Waals surface area contributed by atoms with E-state index in [4.69, 9.17) is 4.74 Å². The minimum absolute atomic E-state index is 0.00124. The van der Waals surface area contributed by atoms with E-state index in [2.05, 4.69) is 15.3 Å². The number of nitrogens with zero attached hydrogens (tertiary/aromatic N) is 2. The number of hydrogen-bond donors (Lipinski definition) is 5. The molecule has 0 fully saturated rings. The number of nitrogens with one attached hydrogen (secondary N) is 1. The summed E-state index contributed by atoms with van der Waals surface area (Å²) in [6.45, 7) is 0. The minimum Gasteiger partial charge on any atom is -0.496 e. The van der Waals surface area contributed by atoms with Crippen molar-refractivity contribution in [1.82, 2.24) is 9.97 Å². The molecular formula is C19H19N3O9P2S. The lowest BCUT2D eigenvalue weighted by atomic mass is 10.2. The summed E-state index contributed by atoms with van der Waals surface area (Å²) in [5.74, 6) is -1.16. The molecule has 0 aliphatic heterocycles. The Morgan fingerprint density at radius 2 is 1.65 bits per heavy atom. The molecule has 12 nitrogen and oxygen atoms in total. The van der Waals surface area contributed by atoms with Gasteiger partial charge in [0.15, 0.2) is 0 Å². The van der Waals surface area contributed by atoms with Crippen LogP contribution in [-0.2, 0) is 25.7 Å². The fraction of sp³-hybridized carbons (Fsp3) is 0.105. The van der Waals surface area contributed by atoms with Crippen molar-refractivity contribution in [3.8, 4) is 5.75 Å². The van der Waals surface area contributed by atoms with Crippen LogP contribution in [-0.4, -0.2) is 46.8 Å². The zero-order chi connectivity index (χ0) is 25.1. The van der Waals surface area contributed by atoms with E-state index in [0.29, 0.717) is 5.69 Å². The maximum absolute atomic E-state index is 13.2. The summed E-state index contributed by atoms with van der Waals surface area (Å²) < 4.78 is 41.9. The van der Waals surface area contributed by atoms with Gasteiger partial charge in [0, 0.05) is 29.8 Å². The number of benzene rings is 1. The Morgan fingerprint density at radius 3 is 2.24 bits per heavy atom. The van der Waals surface area contributed by atoms with Gasteiger partial charge in [-0.2, -0.15) is 0 Å². The first-order valence-electron chi connectivity index (χ1n) is 9.29. The van der Waals surface area contributed by atoms with Crippen LogP contribution in [0, 0.1) is 0 Å². The highest BCUT2D eigenvalue weighted by molar-refractivity contribution is 7.84. The third-order valence-electron chi connectivity index (χ3n) is 4.46. The number of carbonyl (C=O) groups is 1. The number of methoxy groups -OCH3 is 1. The molecule has 5 N–H and O–H groups in total. The Balaban J connectivity index is 2.00. The molecule has 2 aromatic heterocycles. The van der Waals surface area contributed by atoms with Crippen LogP contribution in [0.25, 0.3) is 0 Å². The highest BCUT2D eigenvalue weighted by Crippen LogP contribution is 2.42. The number of amides is 1. The van der Waals surface area contributed by atoms with E-state index in [9.17, 15) is 37.7 Å². The van der Waals surface area contributed by atoms with Crippen LogP contribution in [0.4, 0.5) is 5.69 Å². The fourth-order valence-electron chi connectivity index (χ4n) is 2.96. The molecule has 1 atom stereocenters. The standard InChI is InChI=1S/C19H19N3O9P2S/c1-31-15-10-17(33(27,28)29)16(32(24,25)26)9-12(15)11-34(30)19-14(3-2-6-21-19)18(23)22-13-4-7-20-8-5-13/h2-10H,11H2,1H3,(H,20,22,23)(H2,24,25,26)(H2,27,28,29). The molecule has 3 aromatic rings. The lowest BCUT2D eigenvalue weighted by Crippen LogP contribution is -2.26. The summed E-state index contributed by atoms with van der Waals surface area (Å²) in [5, 5.41) is 0.709. The largest absolute Gasteiger partial charge is 0.496 e. The number of carbonyl (C=O) groups excluding carboxylic acids is 1. The number of ether oxygens (including phenoxy) is 1. The number of rotatable bonds is 8. The summed E-state index contributed by atoms with van der Waals surface area (Å²) in [5.41, 5.74) is 0.433. The summed E-state index contributed by atoms with van der Waals surface area (Å²) in [6.07, 6.45) is 4.28. The highest BCUT2D eigenvalue weighted by Gasteiger charge is 2.33. The summed E-state index contributed by atoms with van der Waals surface area (Å²) in [4.78, 5) is 58.9. The monoisotopic (exact) mass is 527 g/mol. The van der Waals surface area contributed by atoms with Crippen molar-refractivity contribution in [3.05, 3.63) is 66.1 Å². The van der Waals surface area contributed by atoms with Crippen molar-refractivity contribution in [2.75, 3.05) is 12.4 Å². The van der Waals surface area contributed by atoms with Gasteiger partial charge in [0.1, 0.15) is 10.8 Å². The van der Waals surface area contributed by atoms with Crippen LogP contribution in [0.3, 0.4) is 0 Å². The van der Waals surface area contributed by atoms with Crippen LogP contribution in [0.1, 0.15) is 15.9 Å². The normalized spacial score (nSPS) is 12.7. The molecule has 1 unspecified atom stereocenters. The predicted molar refractivity (Wildman–Crippen MR) is 123 cm³/mol. The Hall–Kier alpha value is -2.76.